The molecular weight excluding hydrogens is 1160 g/mol. The van der Waals surface area contributed by atoms with Gasteiger partial charge in [0.05, 0.1) is 48.7 Å². The highest BCUT2D eigenvalue weighted by atomic mass is 16.8. The van der Waals surface area contributed by atoms with E-state index >= 15 is 0 Å². The predicted molar refractivity (Wildman–Crippen MR) is 331 cm³/mol. The van der Waals surface area contributed by atoms with Crippen LogP contribution in [0.5, 0.6) is 0 Å². The lowest BCUT2D eigenvalue weighted by atomic mass is 9.97. The Morgan fingerprint density at radius 2 is 0.780 bits per heavy atom. The van der Waals surface area contributed by atoms with E-state index in [-0.39, 0.29) is 61.5 Å². The third kappa shape index (κ3) is 18.5. The second kappa shape index (κ2) is 33.3. The first-order chi connectivity index (χ1) is 44.6. The third-order valence-electron chi connectivity index (χ3n) is 14.9. The standard InChI is InChI=1S/C74H68O17/c1-80-73-67(84-48-54-32-16-5-17-33-54)65(83-47-53-30-14-4-15-31-53)63(82-46-52-28-12-3-13-29-52)60(86-73)49-81-59(43-42-51-26-10-2-11-27-51)44-45-62(75)88-74-68(91-72(79)58-40-24-9-25-41-58)66(90-71(78)57-38-22-8-23-39-57)64(89-70(77)56-36-20-7-21-37-56)61(87-74)50-85-69(76)55-34-18-6-19-35-55/h2-41,59-61,63-68,73-74H,44-50H2,1H3/t59?,60-,61-,63-,64-,65+,66+,67-,68-,73+,74?/m1/s1. The van der Waals surface area contributed by atoms with Crippen LogP contribution in [0.2, 0.25) is 0 Å². The van der Waals surface area contributed by atoms with E-state index in [1.807, 2.05) is 121 Å². The lowest BCUT2D eigenvalue weighted by Crippen LogP contribution is -2.63. The Kier molecular flexibility index (Phi) is 23.5. The topological polar surface area (TPSA) is 196 Å². The largest absolute Gasteiger partial charge is 0.459 e. The molecular formula is C74H68O17. The highest BCUT2D eigenvalue weighted by molar-refractivity contribution is 5.91. The smallest absolute Gasteiger partial charge is 0.338 e. The molecule has 2 aliphatic rings. The Hall–Kier alpha value is -9.61. The number of hydrogen-bond acceptors (Lipinski definition) is 17. The number of carbonyl (C=O) groups excluding carboxylic acids is 5. The van der Waals surface area contributed by atoms with Crippen LogP contribution in [0, 0.1) is 11.8 Å². The highest BCUT2D eigenvalue weighted by Crippen LogP contribution is 2.34. The van der Waals surface area contributed by atoms with Crippen molar-refractivity contribution in [2.75, 3.05) is 20.3 Å². The molecule has 2 fully saturated rings. The summed E-state index contributed by atoms with van der Waals surface area (Å²) >= 11 is 0. The summed E-state index contributed by atoms with van der Waals surface area (Å²) in [5.74, 6) is 1.95. The van der Waals surface area contributed by atoms with Gasteiger partial charge in [0.25, 0.3) is 0 Å². The van der Waals surface area contributed by atoms with Crippen LogP contribution in [-0.4, -0.2) is 118 Å². The van der Waals surface area contributed by atoms with Gasteiger partial charge in [-0.2, -0.15) is 0 Å². The minimum atomic E-state index is -1.90. The minimum Gasteiger partial charge on any atom is -0.459 e. The summed E-state index contributed by atoms with van der Waals surface area (Å²) in [5, 5.41) is 0. The Morgan fingerprint density at radius 1 is 0.396 bits per heavy atom. The molecule has 11 atom stereocenters. The van der Waals surface area contributed by atoms with E-state index in [1.54, 1.807) is 84.9 Å². The molecule has 0 aliphatic carbocycles. The second-order valence-corrected chi connectivity index (χ2v) is 21.3. The van der Waals surface area contributed by atoms with Crippen LogP contribution in [0.1, 0.15) is 76.5 Å². The molecule has 0 N–H and O–H groups in total. The van der Waals surface area contributed by atoms with Gasteiger partial charge in [-0.25, -0.2) is 19.2 Å². The van der Waals surface area contributed by atoms with E-state index in [1.165, 1.54) is 43.5 Å². The van der Waals surface area contributed by atoms with Gasteiger partial charge in [-0.1, -0.05) is 194 Å². The maximum atomic E-state index is 14.7. The molecule has 8 aromatic rings. The maximum Gasteiger partial charge on any atom is 0.338 e. The third-order valence-corrected chi connectivity index (χ3v) is 14.9. The second-order valence-electron chi connectivity index (χ2n) is 21.3. The first kappa shape index (κ1) is 64.4. The molecule has 2 heterocycles. The van der Waals surface area contributed by atoms with Gasteiger partial charge in [0.1, 0.15) is 43.2 Å². The first-order valence-corrected chi connectivity index (χ1v) is 29.8. The Labute approximate surface area is 527 Å². The van der Waals surface area contributed by atoms with Crippen LogP contribution in [0.25, 0.3) is 0 Å². The van der Waals surface area contributed by atoms with Crippen molar-refractivity contribution in [2.24, 2.45) is 0 Å². The Morgan fingerprint density at radius 3 is 1.25 bits per heavy atom. The summed E-state index contributed by atoms with van der Waals surface area (Å²) in [4.78, 5) is 71.0. The molecule has 2 unspecified atom stereocenters. The van der Waals surface area contributed by atoms with Gasteiger partial charge in [0.2, 0.25) is 12.4 Å². The van der Waals surface area contributed by atoms with Crippen molar-refractivity contribution in [1.29, 1.82) is 0 Å². The van der Waals surface area contributed by atoms with Crippen LogP contribution in [0.4, 0.5) is 0 Å². The van der Waals surface area contributed by atoms with E-state index in [2.05, 4.69) is 11.8 Å². The van der Waals surface area contributed by atoms with Gasteiger partial charge >= 0.3 is 29.8 Å². The number of esters is 5. The van der Waals surface area contributed by atoms with E-state index in [0.29, 0.717) is 5.56 Å². The molecule has 2 saturated heterocycles. The van der Waals surface area contributed by atoms with Crippen molar-refractivity contribution >= 4 is 29.8 Å². The van der Waals surface area contributed by atoms with Gasteiger partial charge in [-0.3, -0.25) is 4.79 Å². The fourth-order valence-corrected chi connectivity index (χ4v) is 10.2. The predicted octanol–water partition coefficient (Wildman–Crippen LogP) is 11.1. The summed E-state index contributed by atoms with van der Waals surface area (Å²) < 4.78 is 76.9. The fraction of sp³-hybridized carbons (Fsp3) is 0.257. The van der Waals surface area contributed by atoms with Crippen LogP contribution in [-0.2, 0) is 81.5 Å². The number of ether oxygens (including phenoxy) is 12. The number of hydrogen-bond donors (Lipinski definition) is 0. The molecule has 8 aromatic carbocycles. The number of carbonyl (C=O) groups is 5. The molecule has 0 bridgehead atoms. The zero-order valence-corrected chi connectivity index (χ0v) is 49.8. The lowest BCUT2D eigenvalue weighted by Gasteiger charge is -2.45. The van der Waals surface area contributed by atoms with Crippen molar-refractivity contribution in [1.82, 2.24) is 0 Å². The van der Waals surface area contributed by atoms with E-state index in [0.717, 1.165) is 16.7 Å². The van der Waals surface area contributed by atoms with Crippen LogP contribution in [0.15, 0.2) is 243 Å². The summed E-state index contributed by atoms with van der Waals surface area (Å²) in [6.07, 6.45) is -14.4. The molecule has 0 amide bonds. The molecule has 466 valence electrons. The molecule has 10 rings (SSSR count). The molecule has 0 radical (unpaired) electrons. The zero-order valence-electron chi connectivity index (χ0n) is 49.8. The van der Waals surface area contributed by atoms with Gasteiger partial charge in [-0.05, 0) is 83.8 Å². The molecule has 0 aromatic heterocycles. The minimum absolute atomic E-state index is 0.0743. The van der Waals surface area contributed by atoms with Crippen LogP contribution >= 0.6 is 0 Å². The van der Waals surface area contributed by atoms with Gasteiger partial charge < -0.3 is 56.8 Å². The number of benzene rings is 8. The van der Waals surface area contributed by atoms with Crippen molar-refractivity contribution in [3.63, 3.8) is 0 Å². The molecule has 17 nitrogen and oxygen atoms in total. The SMILES string of the molecule is CO[C@H]1O[C@H](COC(C#Cc2ccccc2)CCC(=O)OC2O[C@H](COC(=O)c3ccccc3)[C@@H](OC(=O)c3ccccc3)[C@H](OC(=O)c3ccccc3)[C@H]2OC(=O)c2ccccc2)[C@@H](OCc2ccccc2)[C@H](OCc2ccccc2)[C@H]1OCc1ccccc1. The fourth-order valence-electron chi connectivity index (χ4n) is 10.2. The Balaban J connectivity index is 0.951. The molecule has 2 aliphatic heterocycles. The molecule has 0 saturated carbocycles. The maximum absolute atomic E-state index is 14.7. The number of rotatable bonds is 26. The van der Waals surface area contributed by atoms with Crippen molar-refractivity contribution in [2.45, 2.75) is 100 Å². The lowest BCUT2D eigenvalue weighted by molar-refractivity contribution is -0.323. The first-order valence-electron chi connectivity index (χ1n) is 29.8. The highest BCUT2D eigenvalue weighted by Gasteiger charge is 2.55. The Bertz CT molecular complexity index is 3610. The van der Waals surface area contributed by atoms with Crippen LogP contribution in [0.3, 0.4) is 0 Å². The molecule has 91 heavy (non-hydrogen) atoms. The van der Waals surface area contributed by atoms with Crippen LogP contribution < -0.4 is 0 Å². The summed E-state index contributed by atoms with van der Waals surface area (Å²) in [7, 11) is 1.52. The quantitative estimate of drug-likeness (QED) is 0.0282. The monoisotopic (exact) mass is 1230 g/mol. The summed E-state index contributed by atoms with van der Waals surface area (Å²) in [6.45, 7) is -0.202. The average molecular weight is 1230 g/mol. The average Bonchev–Trinajstić information content (AvgIpc) is 0.960. The van der Waals surface area contributed by atoms with Gasteiger partial charge in [0.15, 0.2) is 18.5 Å². The summed E-state index contributed by atoms with van der Waals surface area (Å²) in [6, 6.07) is 70.3. The van der Waals surface area contributed by atoms with Crippen molar-refractivity contribution < 1.29 is 80.8 Å². The van der Waals surface area contributed by atoms with E-state index in [4.69, 9.17) is 56.8 Å². The van der Waals surface area contributed by atoms with E-state index in [9.17, 15) is 24.0 Å². The zero-order chi connectivity index (χ0) is 63.0. The van der Waals surface area contributed by atoms with E-state index < -0.39 is 104 Å². The van der Waals surface area contributed by atoms with Gasteiger partial charge in [0, 0.05) is 19.1 Å². The molecule has 17 heteroatoms. The summed E-state index contributed by atoms with van der Waals surface area (Å²) in [5.41, 5.74) is 3.84. The number of methoxy groups -OCH3 is 1. The normalized spacial score (nSPS) is 21.3. The van der Waals surface area contributed by atoms with Crippen molar-refractivity contribution in [3.8, 4) is 11.8 Å². The van der Waals surface area contributed by atoms with Crippen molar-refractivity contribution in [3.05, 3.63) is 287 Å². The molecule has 0 spiro atoms. The van der Waals surface area contributed by atoms with Gasteiger partial charge in [-0.15, -0.1) is 0 Å².